The van der Waals surface area contributed by atoms with Gasteiger partial charge in [-0.25, -0.2) is 0 Å². The van der Waals surface area contributed by atoms with Crippen LogP contribution in [0.3, 0.4) is 0 Å². The molecule has 0 amide bonds. The molecule has 0 bridgehead atoms. The van der Waals surface area contributed by atoms with Gasteiger partial charge in [-0.1, -0.05) is 49.0 Å². The summed E-state index contributed by atoms with van der Waals surface area (Å²) >= 11 is 1.39. The molecule has 5 heteroatoms. The summed E-state index contributed by atoms with van der Waals surface area (Å²) in [7, 11) is 0. The average molecular weight is 262 g/mol. The van der Waals surface area contributed by atoms with E-state index in [0.717, 1.165) is 5.56 Å². The van der Waals surface area contributed by atoms with Crippen molar-refractivity contribution in [3.05, 3.63) is 51.8 Å². The van der Waals surface area contributed by atoms with Crippen LogP contribution < -0.4 is 5.56 Å². The average Bonchev–Trinajstić information content (AvgIpc) is 2.37. The quantitative estimate of drug-likeness (QED) is 0.655. The normalized spacial score (nSPS) is 10.5. The van der Waals surface area contributed by atoms with Gasteiger partial charge in [0.1, 0.15) is 0 Å². The fourth-order valence-electron chi connectivity index (χ4n) is 1.58. The predicted molar refractivity (Wildman–Crippen MR) is 71.9 cm³/mol. The first kappa shape index (κ1) is 12.7. The number of thioether (sulfide) groups is 1. The number of aromatic hydroxyl groups is 1. The molecule has 2 N–H and O–H groups in total. The van der Waals surface area contributed by atoms with E-state index in [0.29, 0.717) is 22.9 Å². The van der Waals surface area contributed by atoms with Gasteiger partial charge in [0.15, 0.2) is 5.16 Å². The third-order valence-electron chi connectivity index (χ3n) is 2.54. The number of aromatic amines is 1. The highest BCUT2D eigenvalue weighted by molar-refractivity contribution is 7.98. The van der Waals surface area contributed by atoms with Crippen molar-refractivity contribution in [2.24, 2.45) is 0 Å². The van der Waals surface area contributed by atoms with Gasteiger partial charge in [-0.2, -0.15) is 4.98 Å². The Balaban J connectivity index is 2.14. The van der Waals surface area contributed by atoms with Crippen LogP contribution in [0.1, 0.15) is 18.1 Å². The molecule has 0 unspecified atom stereocenters. The minimum Gasteiger partial charge on any atom is -0.493 e. The van der Waals surface area contributed by atoms with E-state index in [1.54, 1.807) is 0 Å². The van der Waals surface area contributed by atoms with Crippen LogP contribution >= 0.6 is 11.8 Å². The Morgan fingerprint density at radius 3 is 2.67 bits per heavy atom. The van der Waals surface area contributed by atoms with Gasteiger partial charge in [-0.05, 0) is 12.0 Å². The minimum atomic E-state index is -0.263. The summed E-state index contributed by atoms with van der Waals surface area (Å²) in [4.78, 5) is 18.3. The van der Waals surface area contributed by atoms with Gasteiger partial charge in [0, 0.05) is 5.75 Å². The molecule has 0 radical (unpaired) electrons. The number of nitrogens with zero attached hydrogens (tertiary/aromatic N) is 1. The lowest BCUT2D eigenvalue weighted by Crippen LogP contribution is -2.14. The summed E-state index contributed by atoms with van der Waals surface area (Å²) in [6, 6.07) is 9.89. The van der Waals surface area contributed by atoms with E-state index in [9.17, 15) is 9.90 Å². The molecular formula is C13H14N2O2S. The Labute approximate surface area is 109 Å². The fourth-order valence-corrected chi connectivity index (χ4v) is 2.39. The molecule has 0 saturated heterocycles. The maximum atomic E-state index is 11.6. The molecule has 0 spiro atoms. The van der Waals surface area contributed by atoms with Gasteiger partial charge in [0.25, 0.3) is 5.56 Å². The second-order valence-electron chi connectivity index (χ2n) is 3.80. The number of aromatic nitrogens is 2. The maximum Gasteiger partial charge on any atom is 0.258 e. The Bertz CT molecular complexity index is 581. The summed E-state index contributed by atoms with van der Waals surface area (Å²) < 4.78 is 0. The molecule has 0 aliphatic rings. The summed E-state index contributed by atoms with van der Waals surface area (Å²) in [6.07, 6.45) is 0.470. The molecule has 1 heterocycles. The smallest absolute Gasteiger partial charge is 0.258 e. The van der Waals surface area contributed by atoms with Crippen LogP contribution in [0.5, 0.6) is 5.88 Å². The first-order valence-electron chi connectivity index (χ1n) is 5.69. The van der Waals surface area contributed by atoms with Crippen LogP contribution in [0.4, 0.5) is 0 Å². The van der Waals surface area contributed by atoms with Gasteiger partial charge < -0.3 is 10.1 Å². The Hall–Kier alpha value is -1.75. The van der Waals surface area contributed by atoms with E-state index >= 15 is 0 Å². The molecular weight excluding hydrogens is 248 g/mol. The summed E-state index contributed by atoms with van der Waals surface area (Å²) in [5.41, 5.74) is 1.21. The van der Waals surface area contributed by atoms with Gasteiger partial charge in [-0.3, -0.25) is 4.79 Å². The SMILES string of the molecule is CCc1c(O)nc(SCc2ccccc2)[nH]c1=O. The van der Waals surface area contributed by atoms with E-state index < -0.39 is 0 Å². The van der Waals surface area contributed by atoms with Crippen LogP contribution in [0.2, 0.25) is 0 Å². The van der Waals surface area contributed by atoms with Crippen molar-refractivity contribution in [2.45, 2.75) is 24.3 Å². The van der Waals surface area contributed by atoms with E-state index in [1.165, 1.54) is 11.8 Å². The minimum absolute atomic E-state index is 0.170. The third-order valence-corrected chi connectivity index (χ3v) is 3.49. The topological polar surface area (TPSA) is 66.0 Å². The monoisotopic (exact) mass is 262 g/mol. The van der Waals surface area contributed by atoms with Crippen molar-refractivity contribution in [1.29, 1.82) is 0 Å². The number of rotatable bonds is 4. The molecule has 0 atom stereocenters. The van der Waals surface area contributed by atoms with Crippen molar-refractivity contribution >= 4 is 11.8 Å². The molecule has 0 fully saturated rings. The van der Waals surface area contributed by atoms with Crippen molar-refractivity contribution < 1.29 is 5.11 Å². The van der Waals surface area contributed by atoms with Gasteiger partial charge in [0.2, 0.25) is 5.88 Å². The lowest BCUT2D eigenvalue weighted by Gasteiger charge is -2.04. The molecule has 0 aliphatic carbocycles. The van der Waals surface area contributed by atoms with Gasteiger partial charge in [-0.15, -0.1) is 0 Å². The van der Waals surface area contributed by atoms with E-state index in [4.69, 9.17) is 0 Å². The number of H-pyrrole nitrogens is 1. The molecule has 4 nitrogen and oxygen atoms in total. The lowest BCUT2D eigenvalue weighted by molar-refractivity contribution is 0.436. The number of benzene rings is 1. The second kappa shape index (κ2) is 5.73. The third kappa shape index (κ3) is 2.92. The first-order valence-corrected chi connectivity index (χ1v) is 6.68. The zero-order valence-corrected chi connectivity index (χ0v) is 10.8. The number of hydrogen-bond acceptors (Lipinski definition) is 4. The van der Waals surface area contributed by atoms with Gasteiger partial charge in [0.05, 0.1) is 5.56 Å². The molecule has 2 rings (SSSR count). The second-order valence-corrected chi connectivity index (χ2v) is 4.77. The fraction of sp³-hybridized carbons (Fsp3) is 0.231. The highest BCUT2D eigenvalue weighted by atomic mass is 32.2. The van der Waals surface area contributed by atoms with Crippen LogP contribution in [-0.2, 0) is 12.2 Å². The molecule has 0 saturated carbocycles. The van der Waals surface area contributed by atoms with Crippen LogP contribution in [-0.4, -0.2) is 15.1 Å². The van der Waals surface area contributed by atoms with Crippen molar-refractivity contribution in [3.63, 3.8) is 0 Å². The van der Waals surface area contributed by atoms with Gasteiger partial charge >= 0.3 is 0 Å². The molecule has 1 aromatic carbocycles. The molecule has 94 valence electrons. The molecule has 0 aliphatic heterocycles. The number of hydrogen-bond donors (Lipinski definition) is 2. The highest BCUT2D eigenvalue weighted by Crippen LogP contribution is 2.20. The molecule has 2 aromatic rings. The zero-order valence-electron chi connectivity index (χ0n) is 10.0. The van der Waals surface area contributed by atoms with Crippen molar-refractivity contribution in [3.8, 4) is 5.88 Å². The van der Waals surface area contributed by atoms with Crippen LogP contribution in [0, 0.1) is 0 Å². The van der Waals surface area contributed by atoms with Crippen molar-refractivity contribution in [1.82, 2.24) is 9.97 Å². The molecule has 1 aromatic heterocycles. The summed E-state index contributed by atoms with van der Waals surface area (Å²) in [6.45, 7) is 1.81. The standard InChI is InChI=1S/C13H14N2O2S/c1-2-10-11(16)14-13(15-12(10)17)18-8-9-6-4-3-5-7-9/h3-7H,2,8H2,1H3,(H2,14,15,16,17). The first-order chi connectivity index (χ1) is 8.70. The highest BCUT2D eigenvalue weighted by Gasteiger charge is 2.08. The predicted octanol–water partition coefficient (Wildman–Crippen LogP) is 2.33. The lowest BCUT2D eigenvalue weighted by atomic mass is 10.2. The zero-order chi connectivity index (χ0) is 13.0. The summed E-state index contributed by atoms with van der Waals surface area (Å²) in [5.74, 6) is 0.533. The van der Waals surface area contributed by atoms with E-state index in [1.807, 2.05) is 37.3 Å². The van der Waals surface area contributed by atoms with E-state index in [2.05, 4.69) is 9.97 Å². The molecule has 18 heavy (non-hydrogen) atoms. The Morgan fingerprint density at radius 1 is 1.33 bits per heavy atom. The summed E-state index contributed by atoms with van der Waals surface area (Å²) in [5, 5.41) is 10.1. The number of nitrogens with one attached hydrogen (secondary N) is 1. The maximum absolute atomic E-state index is 11.6. The van der Waals surface area contributed by atoms with E-state index in [-0.39, 0.29) is 11.4 Å². The van der Waals surface area contributed by atoms with Crippen LogP contribution in [0.25, 0.3) is 0 Å². The Morgan fingerprint density at radius 2 is 2.06 bits per heavy atom. The van der Waals surface area contributed by atoms with Crippen LogP contribution in [0.15, 0.2) is 40.3 Å². The Kier molecular flexibility index (Phi) is 4.04. The largest absolute Gasteiger partial charge is 0.493 e. The van der Waals surface area contributed by atoms with Crippen molar-refractivity contribution in [2.75, 3.05) is 0 Å².